The lowest BCUT2D eigenvalue weighted by Crippen LogP contribution is -2.62. The Bertz CT molecular complexity index is 821. The van der Waals surface area contributed by atoms with Crippen molar-refractivity contribution in [2.45, 2.75) is 32.9 Å². The molecule has 1 aromatic heterocycles. The summed E-state index contributed by atoms with van der Waals surface area (Å²) in [4.78, 5) is 31.3. The second-order valence-corrected chi connectivity index (χ2v) is 6.12. The normalized spacial score (nSPS) is 19.2. The first-order chi connectivity index (χ1) is 12.0. The van der Waals surface area contributed by atoms with Gasteiger partial charge < -0.3 is 10.1 Å². The molecule has 130 valence electrons. The summed E-state index contributed by atoms with van der Waals surface area (Å²) in [6.45, 7) is 6.07. The molecule has 0 aliphatic carbocycles. The first-order valence-electron chi connectivity index (χ1n) is 8.26. The predicted octanol–water partition coefficient (Wildman–Crippen LogP) is 2.21. The maximum atomic E-state index is 12.9. The Labute approximate surface area is 146 Å². The molecular formula is C19H21N3O3. The Morgan fingerprint density at radius 1 is 1.28 bits per heavy atom. The summed E-state index contributed by atoms with van der Waals surface area (Å²) in [7, 11) is 0. The molecule has 6 heteroatoms. The van der Waals surface area contributed by atoms with Crippen LogP contribution >= 0.6 is 0 Å². The fourth-order valence-corrected chi connectivity index (χ4v) is 2.87. The average molecular weight is 339 g/mol. The first kappa shape index (κ1) is 17.0. The second-order valence-electron chi connectivity index (χ2n) is 6.12. The number of carbonyl (C=O) groups is 2. The van der Waals surface area contributed by atoms with Gasteiger partial charge in [-0.1, -0.05) is 24.3 Å². The Morgan fingerprint density at radius 3 is 2.76 bits per heavy atom. The highest BCUT2D eigenvalue weighted by Crippen LogP contribution is 2.35. The van der Waals surface area contributed by atoms with Gasteiger partial charge in [-0.15, -0.1) is 0 Å². The third-order valence-corrected chi connectivity index (χ3v) is 4.42. The van der Waals surface area contributed by atoms with Crippen LogP contribution in [0.3, 0.4) is 0 Å². The smallest absolute Gasteiger partial charge is 0.282 e. The molecule has 6 nitrogen and oxygen atoms in total. The van der Waals surface area contributed by atoms with Crippen molar-refractivity contribution in [3.05, 3.63) is 53.7 Å². The molecule has 1 unspecified atom stereocenters. The zero-order chi connectivity index (χ0) is 18.0. The Kier molecular flexibility index (Phi) is 4.44. The number of likely N-dealkylation sites (N-methyl/N-ethyl adjacent to an activating group) is 1. The highest BCUT2D eigenvalue weighted by molar-refractivity contribution is 6.16. The molecular weight excluding hydrogens is 318 g/mol. The van der Waals surface area contributed by atoms with Crippen molar-refractivity contribution in [2.24, 2.45) is 0 Å². The van der Waals surface area contributed by atoms with E-state index in [2.05, 4.69) is 10.3 Å². The SMILES string of the molecule is CCN1C(=O)C(C)(C(=O)NCc2ccccc2C)Oc2cccnc21. The zero-order valence-corrected chi connectivity index (χ0v) is 14.6. The number of aryl methyl sites for hydroxylation is 1. The molecule has 1 aromatic carbocycles. The number of hydrogen-bond donors (Lipinski definition) is 1. The Balaban J connectivity index is 1.84. The topological polar surface area (TPSA) is 71.5 Å². The summed E-state index contributed by atoms with van der Waals surface area (Å²) in [5.41, 5.74) is 0.458. The van der Waals surface area contributed by atoms with Crippen molar-refractivity contribution in [2.75, 3.05) is 11.4 Å². The Morgan fingerprint density at radius 2 is 2.04 bits per heavy atom. The summed E-state index contributed by atoms with van der Waals surface area (Å²) < 4.78 is 5.78. The van der Waals surface area contributed by atoms with E-state index in [0.717, 1.165) is 11.1 Å². The van der Waals surface area contributed by atoms with Crippen LogP contribution in [0.15, 0.2) is 42.6 Å². The maximum Gasteiger partial charge on any atom is 0.282 e. The molecule has 1 N–H and O–H groups in total. The lowest BCUT2D eigenvalue weighted by atomic mass is 10.0. The van der Waals surface area contributed by atoms with E-state index in [-0.39, 0.29) is 0 Å². The van der Waals surface area contributed by atoms with Gasteiger partial charge in [-0.25, -0.2) is 4.98 Å². The summed E-state index contributed by atoms with van der Waals surface area (Å²) in [5.74, 6) is -0.00568. The molecule has 1 atom stereocenters. The molecule has 1 aliphatic rings. The van der Waals surface area contributed by atoms with Gasteiger partial charge in [0.05, 0.1) is 0 Å². The maximum absolute atomic E-state index is 12.9. The van der Waals surface area contributed by atoms with Crippen molar-refractivity contribution in [1.29, 1.82) is 0 Å². The summed E-state index contributed by atoms with van der Waals surface area (Å²) >= 11 is 0. The van der Waals surface area contributed by atoms with Gasteiger partial charge in [0, 0.05) is 19.3 Å². The molecule has 2 aromatic rings. The van der Waals surface area contributed by atoms with Crippen molar-refractivity contribution in [3.63, 3.8) is 0 Å². The zero-order valence-electron chi connectivity index (χ0n) is 14.6. The van der Waals surface area contributed by atoms with E-state index in [1.807, 2.05) is 38.1 Å². The molecule has 2 heterocycles. The van der Waals surface area contributed by atoms with Crippen molar-refractivity contribution >= 4 is 17.6 Å². The van der Waals surface area contributed by atoms with Gasteiger partial charge in [-0.05, 0) is 44.0 Å². The van der Waals surface area contributed by atoms with E-state index in [0.29, 0.717) is 24.7 Å². The summed E-state index contributed by atoms with van der Waals surface area (Å²) in [5, 5.41) is 2.82. The summed E-state index contributed by atoms with van der Waals surface area (Å²) in [6, 6.07) is 11.2. The average Bonchev–Trinajstić information content (AvgIpc) is 2.62. The van der Waals surface area contributed by atoms with Crippen LogP contribution in [0.2, 0.25) is 0 Å². The van der Waals surface area contributed by atoms with Gasteiger partial charge in [0.1, 0.15) is 0 Å². The molecule has 0 saturated heterocycles. The number of pyridine rings is 1. The van der Waals surface area contributed by atoms with Crippen LogP contribution < -0.4 is 15.0 Å². The third kappa shape index (κ3) is 2.95. The van der Waals surface area contributed by atoms with Crippen LogP contribution in [0.1, 0.15) is 25.0 Å². The van der Waals surface area contributed by atoms with Crippen LogP contribution in [0, 0.1) is 6.92 Å². The molecule has 3 rings (SSSR count). The van der Waals surface area contributed by atoms with Gasteiger partial charge in [-0.2, -0.15) is 0 Å². The van der Waals surface area contributed by atoms with Gasteiger partial charge >= 0.3 is 0 Å². The molecule has 0 fully saturated rings. The first-order valence-corrected chi connectivity index (χ1v) is 8.26. The molecule has 0 saturated carbocycles. The van der Waals surface area contributed by atoms with Gasteiger partial charge in [0.25, 0.3) is 17.4 Å². The fourth-order valence-electron chi connectivity index (χ4n) is 2.87. The van der Waals surface area contributed by atoms with E-state index in [9.17, 15) is 9.59 Å². The third-order valence-electron chi connectivity index (χ3n) is 4.42. The van der Waals surface area contributed by atoms with E-state index < -0.39 is 17.4 Å². The number of rotatable bonds is 4. The van der Waals surface area contributed by atoms with E-state index in [4.69, 9.17) is 4.74 Å². The van der Waals surface area contributed by atoms with Gasteiger partial charge in [-0.3, -0.25) is 14.5 Å². The van der Waals surface area contributed by atoms with E-state index in [1.165, 1.54) is 11.8 Å². The second kappa shape index (κ2) is 6.55. The van der Waals surface area contributed by atoms with Gasteiger partial charge in [0.15, 0.2) is 11.6 Å². The minimum absolute atomic E-state index is 0.337. The Hall–Kier alpha value is -2.89. The van der Waals surface area contributed by atoms with Crippen LogP contribution in [-0.2, 0) is 16.1 Å². The number of nitrogens with one attached hydrogen (secondary N) is 1. The number of anilines is 1. The monoisotopic (exact) mass is 339 g/mol. The fraction of sp³-hybridized carbons (Fsp3) is 0.316. The number of aromatic nitrogens is 1. The molecule has 0 radical (unpaired) electrons. The highest BCUT2D eigenvalue weighted by Gasteiger charge is 2.50. The predicted molar refractivity (Wildman–Crippen MR) is 94.3 cm³/mol. The van der Waals surface area contributed by atoms with E-state index >= 15 is 0 Å². The number of benzene rings is 1. The van der Waals surface area contributed by atoms with Crippen molar-refractivity contribution in [1.82, 2.24) is 10.3 Å². The summed E-state index contributed by atoms with van der Waals surface area (Å²) in [6.07, 6.45) is 1.60. The van der Waals surface area contributed by atoms with Crippen molar-refractivity contribution in [3.8, 4) is 5.75 Å². The van der Waals surface area contributed by atoms with Crippen molar-refractivity contribution < 1.29 is 14.3 Å². The van der Waals surface area contributed by atoms with Crippen LogP contribution in [-0.4, -0.2) is 28.9 Å². The number of ether oxygens (including phenoxy) is 1. The lowest BCUT2D eigenvalue weighted by molar-refractivity contribution is -0.148. The number of carbonyl (C=O) groups excluding carboxylic acids is 2. The highest BCUT2D eigenvalue weighted by atomic mass is 16.5. The minimum atomic E-state index is -1.62. The van der Waals surface area contributed by atoms with Crippen LogP contribution in [0.5, 0.6) is 5.75 Å². The van der Waals surface area contributed by atoms with E-state index in [1.54, 1.807) is 18.3 Å². The standard InChI is InChI=1S/C19H21N3O3/c1-4-22-16-15(10-7-11-20-16)25-19(3,18(22)24)17(23)21-12-14-9-6-5-8-13(14)2/h5-11H,4,12H2,1-3H3,(H,21,23). The molecule has 0 spiro atoms. The van der Waals surface area contributed by atoms with Crippen LogP contribution in [0.4, 0.5) is 5.82 Å². The number of nitrogens with zero attached hydrogens (tertiary/aromatic N) is 2. The molecule has 2 amide bonds. The number of hydrogen-bond acceptors (Lipinski definition) is 4. The number of amides is 2. The quantitative estimate of drug-likeness (QED) is 0.867. The largest absolute Gasteiger partial charge is 0.464 e. The van der Waals surface area contributed by atoms with Gasteiger partial charge in [0.2, 0.25) is 0 Å². The molecule has 1 aliphatic heterocycles. The minimum Gasteiger partial charge on any atom is -0.464 e. The molecule has 25 heavy (non-hydrogen) atoms. The number of fused-ring (bicyclic) bond motifs is 1. The van der Waals surface area contributed by atoms with Crippen LogP contribution in [0.25, 0.3) is 0 Å². The molecule has 0 bridgehead atoms. The lowest BCUT2D eigenvalue weighted by Gasteiger charge is -2.38.